The minimum atomic E-state index is 0.131. The smallest absolute Gasteiger partial charge is 0.227 e. The Labute approximate surface area is 147 Å². The Morgan fingerprint density at radius 2 is 1.88 bits per heavy atom. The summed E-state index contributed by atoms with van der Waals surface area (Å²) in [5.41, 5.74) is 3.30. The van der Waals surface area contributed by atoms with Crippen molar-refractivity contribution in [2.45, 2.75) is 25.7 Å². The molecule has 1 amide bonds. The lowest BCUT2D eigenvalue weighted by molar-refractivity contribution is -0.118. The molecule has 1 aliphatic rings. The Kier molecular flexibility index (Phi) is 4.34. The summed E-state index contributed by atoms with van der Waals surface area (Å²) >= 11 is 0. The summed E-state index contributed by atoms with van der Waals surface area (Å²) in [6, 6.07) is 18.0. The maximum Gasteiger partial charge on any atom is 0.227 e. The highest BCUT2D eigenvalue weighted by Gasteiger charge is 2.22. The number of anilines is 1. The van der Waals surface area contributed by atoms with Crippen LogP contribution in [-0.4, -0.2) is 17.4 Å². The van der Waals surface area contributed by atoms with Crippen molar-refractivity contribution in [2.75, 3.05) is 11.4 Å². The third-order valence-corrected chi connectivity index (χ3v) is 4.58. The number of benzene rings is 2. The Morgan fingerprint density at radius 3 is 2.76 bits per heavy atom. The second-order valence-electron chi connectivity index (χ2n) is 6.26. The summed E-state index contributed by atoms with van der Waals surface area (Å²) in [6.07, 6.45) is 4.71. The summed E-state index contributed by atoms with van der Waals surface area (Å²) in [5.74, 6) is 1.48. The van der Waals surface area contributed by atoms with Gasteiger partial charge in [-0.1, -0.05) is 48.5 Å². The first-order chi connectivity index (χ1) is 12.3. The van der Waals surface area contributed by atoms with Gasteiger partial charge in [-0.15, -0.1) is 0 Å². The molecule has 3 aromatic rings. The summed E-state index contributed by atoms with van der Waals surface area (Å²) in [7, 11) is 0. The Morgan fingerprint density at radius 1 is 1.08 bits per heavy atom. The van der Waals surface area contributed by atoms with E-state index >= 15 is 0 Å². The van der Waals surface area contributed by atoms with Gasteiger partial charge in [-0.25, -0.2) is 4.98 Å². The van der Waals surface area contributed by atoms with E-state index in [2.05, 4.69) is 11.1 Å². The fourth-order valence-corrected chi connectivity index (χ4v) is 3.30. The van der Waals surface area contributed by atoms with Gasteiger partial charge < -0.3 is 9.32 Å². The molecule has 0 bridgehead atoms. The molecule has 0 saturated heterocycles. The van der Waals surface area contributed by atoms with Crippen LogP contribution in [0.2, 0.25) is 0 Å². The Balaban J connectivity index is 1.42. The molecule has 0 aliphatic carbocycles. The van der Waals surface area contributed by atoms with E-state index < -0.39 is 0 Å². The standard InChI is InChI=1S/C21H20N2O2/c24-21(23-14-6-10-16-7-4-5-11-18(16)23)13-12-20-22-15-19(25-20)17-8-2-1-3-9-17/h1-5,7-9,11,15H,6,10,12-14H2. The lowest BCUT2D eigenvalue weighted by Crippen LogP contribution is -2.35. The highest BCUT2D eigenvalue weighted by molar-refractivity contribution is 5.94. The summed E-state index contributed by atoms with van der Waals surface area (Å²) in [5, 5.41) is 0. The number of aromatic nitrogens is 1. The lowest BCUT2D eigenvalue weighted by Gasteiger charge is -2.29. The lowest BCUT2D eigenvalue weighted by atomic mass is 10.0. The predicted molar refractivity (Wildman–Crippen MR) is 97.4 cm³/mol. The van der Waals surface area contributed by atoms with Crippen LogP contribution in [0.15, 0.2) is 65.2 Å². The number of rotatable bonds is 4. The van der Waals surface area contributed by atoms with Crippen LogP contribution in [0.1, 0.15) is 24.3 Å². The van der Waals surface area contributed by atoms with Crippen molar-refractivity contribution in [3.05, 3.63) is 72.2 Å². The molecular formula is C21H20N2O2. The van der Waals surface area contributed by atoms with Gasteiger partial charge in [-0.3, -0.25) is 4.79 Å². The molecule has 0 N–H and O–H groups in total. The van der Waals surface area contributed by atoms with Crippen LogP contribution in [0, 0.1) is 0 Å². The molecule has 0 fully saturated rings. The third-order valence-electron chi connectivity index (χ3n) is 4.58. The van der Waals surface area contributed by atoms with E-state index in [9.17, 15) is 4.79 Å². The average molecular weight is 332 g/mol. The summed E-state index contributed by atoms with van der Waals surface area (Å²) in [6.45, 7) is 0.788. The molecule has 0 unspecified atom stereocenters. The number of carbonyl (C=O) groups is 1. The third kappa shape index (κ3) is 3.33. The number of carbonyl (C=O) groups excluding carboxylic acids is 1. The Bertz CT molecular complexity index is 870. The van der Waals surface area contributed by atoms with Gasteiger partial charge in [0.15, 0.2) is 11.7 Å². The van der Waals surface area contributed by atoms with Gasteiger partial charge in [0, 0.05) is 30.6 Å². The van der Waals surface area contributed by atoms with Gasteiger partial charge in [-0.2, -0.15) is 0 Å². The highest BCUT2D eigenvalue weighted by atomic mass is 16.4. The van der Waals surface area contributed by atoms with Crippen LogP contribution < -0.4 is 4.90 Å². The van der Waals surface area contributed by atoms with E-state index in [-0.39, 0.29) is 5.91 Å². The molecule has 2 aromatic carbocycles. The summed E-state index contributed by atoms with van der Waals surface area (Å²) < 4.78 is 5.80. The number of para-hydroxylation sites is 1. The van der Waals surface area contributed by atoms with Crippen LogP contribution in [-0.2, 0) is 17.6 Å². The van der Waals surface area contributed by atoms with Crippen molar-refractivity contribution in [3.63, 3.8) is 0 Å². The second kappa shape index (κ2) is 6.93. The minimum absolute atomic E-state index is 0.131. The largest absolute Gasteiger partial charge is 0.441 e. The fourth-order valence-electron chi connectivity index (χ4n) is 3.30. The van der Waals surface area contributed by atoms with Crippen LogP contribution >= 0.6 is 0 Å². The van der Waals surface area contributed by atoms with Gasteiger partial charge in [0.2, 0.25) is 5.91 Å². The van der Waals surface area contributed by atoms with E-state index in [0.717, 1.165) is 36.4 Å². The number of hydrogen-bond donors (Lipinski definition) is 0. The number of fused-ring (bicyclic) bond motifs is 1. The van der Waals surface area contributed by atoms with E-state index in [0.29, 0.717) is 18.7 Å². The zero-order chi connectivity index (χ0) is 17.1. The van der Waals surface area contributed by atoms with E-state index in [1.165, 1.54) is 5.56 Å². The monoisotopic (exact) mass is 332 g/mol. The van der Waals surface area contributed by atoms with Crippen LogP contribution in [0.3, 0.4) is 0 Å². The molecule has 4 rings (SSSR count). The molecule has 4 heteroatoms. The molecular weight excluding hydrogens is 312 g/mol. The molecule has 2 heterocycles. The quantitative estimate of drug-likeness (QED) is 0.717. The molecule has 0 radical (unpaired) electrons. The fraction of sp³-hybridized carbons (Fsp3) is 0.238. The number of aryl methyl sites for hydroxylation is 2. The topological polar surface area (TPSA) is 46.3 Å². The predicted octanol–water partition coefficient (Wildman–Crippen LogP) is 4.25. The molecule has 1 aliphatic heterocycles. The second-order valence-corrected chi connectivity index (χ2v) is 6.26. The van der Waals surface area contributed by atoms with Crippen LogP contribution in [0.25, 0.3) is 11.3 Å². The van der Waals surface area contributed by atoms with Crippen LogP contribution in [0.4, 0.5) is 5.69 Å². The minimum Gasteiger partial charge on any atom is -0.441 e. The molecule has 126 valence electrons. The van der Waals surface area contributed by atoms with Crippen molar-refractivity contribution in [1.82, 2.24) is 4.98 Å². The van der Waals surface area contributed by atoms with E-state index in [1.54, 1.807) is 6.20 Å². The van der Waals surface area contributed by atoms with Crippen LogP contribution in [0.5, 0.6) is 0 Å². The first-order valence-corrected chi connectivity index (χ1v) is 8.69. The van der Waals surface area contributed by atoms with Crippen molar-refractivity contribution < 1.29 is 9.21 Å². The molecule has 1 aromatic heterocycles. The molecule has 25 heavy (non-hydrogen) atoms. The summed E-state index contributed by atoms with van der Waals surface area (Å²) in [4.78, 5) is 18.9. The van der Waals surface area contributed by atoms with Crippen molar-refractivity contribution in [3.8, 4) is 11.3 Å². The number of amides is 1. The molecule has 0 atom stereocenters. The molecule has 0 spiro atoms. The van der Waals surface area contributed by atoms with Gasteiger partial charge in [0.25, 0.3) is 0 Å². The zero-order valence-corrected chi connectivity index (χ0v) is 14.0. The maximum absolute atomic E-state index is 12.7. The van der Waals surface area contributed by atoms with Crippen molar-refractivity contribution in [2.24, 2.45) is 0 Å². The number of nitrogens with zero attached hydrogens (tertiary/aromatic N) is 2. The van der Waals surface area contributed by atoms with Gasteiger partial charge in [0.05, 0.1) is 6.20 Å². The number of hydrogen-bond acceptors (Lipinski definition) is 3. The normalized spacial score (nSPS) is 13.5. The first kappa shape index (κ1) is 15.6. The SMILES string of the molecule is O=C(CCc1ncc(-c2ccccc2)o1)N1CCCc2ccccc21. The first-order valence-electron chi connectivity index (χ1n) is 8.69. The van der Waals surface area contributed by atoms with Gasteiger partial charge in [0.1, 0.15) is 0 Å². The highest BCUT2D eigenvalue weighted by Crippen LogP contribution is 2.27. The van der Waals surface area contributed by atoms with Gasteiger partial charge in [-0.05, 0) is 24.5 Å². The zero-order valence-electron chi connectivity index (χ0n) is 14.0. The van der Waals surface area contributed by atoms with E-state index in [1.807, 2.05) is 53.4 Å². The molecule has 4 nitrogen and oxygen atoms in total. The van der Waals surface area contributed by atoms with Crippen molar-refractivity contribution >= 4 is 11.6 Å². The average Bonchev–Trinajstić information content (AvgIpc) is 3.15. The maximum atomic E-state index is 12.7. The van der Waals surface area contributed by atoms with Gasteiger partial charge >= 0.3 is 0 Å². The number of oxazole rings is 1. The van der Waals surface area contributed by atoms with Crippen molar-refractivity contribution in [1.29, 1.82) is 0 Å². The molecule has 0 saturated carbocycles. The van der Waals surface area contributed by atoms with E-state index in [4.69, 9.17) is 4.42 Å². The Hall–Kier alpha value is -2.88.